The Morgan fingerprint density at radius 2 is 1.83 bits per heavy atom. The number of aryl methyl sites for hydroxylation is 2. The van der Waals surface area contributed by atoms with Gasteiger partial charge >= 0.3 is 0 Å². The second-order valence-electron chi connectivity index (χ2n) is 6.51. The van der Waals surface area contributed by atoms with E-state index in [4.69, 9.17) is 9.47 Å². The van der Waals surface area contributed by atoms with Gasteiger partial charge in [0.25, 0.3) is 5.91 Å². The summed E-state index contributed by atoms with van der Waals surface area (Å²) in [7, 11) is 3.20. The van der Waals surface area contributed by atoms with Gasteiger partial charge in [0.1, 0.15) is 23.0 Å². The molecule has 4 aromatic rings. The highest BCUT2D eigenvalue weighted by Gasteiger charge is 2.16. The lowest BCUT2D eigenvalue weighted by atomic mass is 10.2. The molecular weight excluding hydrogens is 384 g/mol. The van der Waals surface area contributed by atoms with Crippen molar-refractivity contribution in [3.8, 4) is 23.3 Å². The number of anilines is 1. The predicted octanol–water partition coefficient (Wildman–Crippen LogP) is 3.36. The van der Waals surface area contributed by atoms with E-state index >= 15 is 0 Å². The van der Waals surface area contributed by atoms with Crippen LogP contribution in [0.3, 0.4) is 0 Å². The Kier molecular flexibility index (Phi) is 5.17. The Balaban J connectivity index is 1.47. The first-order chi connectivity index (χ1) is 14.5. The first kappa shape index (κ1) is 19.2. The number of ether oxygens (including phenoxy) is 2. The molecule has 9 nitrogen and oxygen atoms in total. The molecule has 0 saturated carbocycles. The minimum absolute atomic E-state index is 0.271. The zero-order valence-corrected chi connectivity index (χ0v) is 16.7. The molecule has 0 bridgehead atoms. The molecule has 1 aromatic carbocycles. The fourth-order valence-electron chi connectivity index (χ4n) is 2.90. The van der Waals surface area contributed by atoms with Gasteiger partial charge in [-0.05, 0) is 43.3 Å². The number of nitrogens with one attached hydrogen (secondary N) is 1. The van der Waals surface area contributed by atoms with Crippen LogP contribution < -0.4 is 14.8 Å². The number of carbonyl (C=O) groups is 1. The van der Waals surface area contributed by atoms with E-state index in [1.807, 2.05) is 36.0 Å². The second-order valence-corrected chi connectivity index (χ2v) is 6.51. The number of carbonyl (C=O) groups excluding carboxylic acids is 1. The topological polar surface area (TPSA) is 96.1 Å². The van der Waals surface area contributed by atoms with Crippen molar-refractivity contribution in [3.63, 3.8) is 0 Å². The summed E-state index contributed by atoms with van der Waals surface area (Å²) in [5, 5.41) is 6.90. The van der Waals surface area contributed by atoms with Gasteiger partial charge < -0.3 is 19.4 Å². The van der Waals surface area contributed by atoms with Gasteiger partial charge in [0.05, 0.1) is 7.11 Å². The van der Waals surface area contributed by atoms with E-state index in [1.165, 1.54) is 11.8 Å². The third-order valence-corrected chi connectivity index (χ3v) is 4.24. The molecule has 3 heterocycles. The van der Waals surface area contributed by atoms with Gasteiger partial charge in [-0.1, -0.05) is 0 Å². The number of benzene rings is 1. The van der Waals surface area contributed by atoms with Crippen LogP contribution in [0.15, 0.2) is 61.1 Å². The molecule has 3 aromatic heterocycles. The number of amides is 1. The molecule has 0 radical (unpaired) electrons. The minimum Gasteiger partial charge on any atom is -0.479 e. The highest BCUT2D eigenvalue weighted by Crippen LogP contribution is 2.24. The Morgan fingerprint density at radius 3 is 2.53 bits per heavy atom. The van der Waals surface area contributed by atoms with E-state index < -0.39 is 0 Å². The number of methoxy groups -OCH3 is 1. The maximum absolute atomic E-state index is 12.5. The summed E-state index contributed by atoms with van der Waals surface area (Å²) in [5.74, 6) is 2.30. The first-order valence-electron chi connectivity index (χ1n) is 9.18. The molecular formula is C21H20N6O3. The fourth-order valence-corrected chi connectivity index (χ4v) is 2.90. The Hall–Kier alpha value is -4.14. The van der Waals surface area contributed by atoms with Crippen LogP contribution in [-0.4, -0.2) is 37.3 Å². The van der Waals surface area contributed by atoms with Crippen molar-refractivity contribution in [2.45, 2.75) is 6.92 Å². The Labute approximate surface area is 172 Å². The molecule has 0 saturated heterocycles. The molecule has 4 rings (SSSR count). The molecule has 30 heavy (non-hydrogen) atoms. The van der Waals surface area contributed by atoms with Gasteiger partial charge in [0.2, 0.25) is 11.8 Å². The maximum atomic E-state index is 12.5. The van der Waals surface area contributed by atoms with Crippen molar-refractivity contribution in [3.05, 3.63) is 72.4 Å². The van der Waals surface area contributed by atoms with E-state index in [-0.39, 0.29) is 11.8 Å². The van der Waals surface area contributed by atoms with E-state index in [0.29, 0.717) is 28.7 Å². The Bertz CT molecular complexity index is 1170. The second kappa shape index (κ2) is 8.08. The highest BCUT2D eigenvalue weighted by molar-refractivity contribution is 6.05. The summed E-state index contributed by atoms with van der Waals surface area (Å²) in [4.78, 5) is 21.2. The molecule has 1 N–H and O–H groups in total. The number of aromatic nitrogens is 5. The van der Waals surface area contributed by atoms with Gasteiger partial charge in [-0.15, -0.1) is 5.10 Å². The van der Waals surface area contributed by atoms with E-state index in [0.717, 1.165) is 5.82 Å². The molecule has 0 unspecified atom stereocenters. The standard InChI is InChI=1S/C21H20N6O3/c1-14-22-18(27-10-4-5-11-27)12-19(23-14)30-16-8-6-15(7-9-16)24-20(28)17-13-26(2)25-21(17)29-3/h4-13H,1-3H3,(H,24,28). The molecule has 9 heteroatoms. The summed E-state index contributed by atoms with van der Waals surface area (Å²) in [6.45, 7) is 1.81. The van der Waals surface area contributed by atoms with Crippen molar-refractivity contribution in [2.24, 2.45) is 7.05 Å². The first-order valence-corrected chi connectivity index (χ1v) is 9.18. The zero-order chi connectivity index (χ0) is 21.1. The summed E-state index contributed by atoms with van der Waals surface area (Å²) >= 11 is 0. The van der Waals surface area contributed by atoms with Crippen LogP contribution >= 0.6 is 0 Å². The summed E-state index contributed by atoms with van der Waals surface area (Å²) in [6, 6.07) is 12.6. The van der Waals surface area contributed by atoms with E-state index in [9.17, 15) is 4.79 Å². The SMILES string of the molecule is COc1nn(C)cc1C(=O)Nc1ccc(Oc2cc(-n3cccc3)nc(C)n2)cc1. The van der Waals surface area contributed by atoms with Crippen LogP contribution in [0.2, 0.25) is 0 Å². The maximum Gasteiger partial charge on any atom is 0.262 e. The highest BCUT2D eigenvalue weighted by atomic mass is 16.5. The Morgan fingerprint density at radius 1 is 1.10 bits per heavy atom. The third kappa shape index (κ3) is 4.14. The quantitative estimate of drug-likeness (QED) is 0.529. The van der Waals surface area contributed by atoms with Crippen LogP contribution in [0, 0.1) is 6.92 Å². The van der Waals surface area contributed by atoms with Crippen LogP contribution in [0.1, 0.15) is 16.2 Å². The monoisotopic (exact) mass is 404 g/mol. The lowest BCUT2D eigenvalue weighted by Crippen LogP contribution is -2.12. The lowest BCUT2D eigenvalue weighted by Gasteiger charge is -2.09. The van der Waals surface area contributed by atoms with Gasteiger partial charge in [-0.2, -0.15) is 4.98 Å². The van der Waals surface area contributed by atoms with E-state index in [2.05, 4.69) is 20.4 Å². The molecule has 0 aliphatic rings. The van der Waals surface area contributed by atoms with Crippen molar-refractivity contribution in [1.29, 1.82) is 0 Å². The van der Waals surface area contributed by atoms with Crippen LogP contribution in [0.5, 0.6) is 17.5 Å². The van der Waals surface area contributed by atoms with Crippen molar-refractivity contribution in [1.82, 2.24) is 24.3 Å². The number of hydrogen-bond donors (Lipinski definition) is 1. The average molecular weight is 404 g/mol. The number of nitrogens with zero attached hydrogens (tertiary/aromatic N) is 5. The average Bonchev–Trinajstić information content (AvgIpc) is 3.38. The number of hydrogen-bond acceptors (Lipinski definition) is 6. The third-order valence-electron chi connectivity index (χ3n) is 4.24. The largest absolute Gasteiger partial charge is 0.479 e. The zero-order valence-electron chi connectivity index (χ0n) is 16.7. The molecule has 0 spiro atoms. The van der Waals surface area contributed by atoms with Crippen molar-refractivity contribution < 1.29 is 14.3 Å². The molecule has 0 atom stereocenters. The van der Waals surface area contributed by atoms with Crippen LogP contribution in [0.4, 0.5) is 5.69 Å². The summed E-state index contributed by atoms with van der Waals surface area (Å²) in [6.07, 6.45) is 5.41. The minimum atomic E-state index is -0.309. The molecule has 0 aliphatic heterocycles. The molecule has 1 amide bonds. The van der Waals surface area contributed by atoms with Crippen LogP contribution in [0.25, 0.3) is 5.82 Å². The molecule has 152 valence electrons. The van der Waals surface area contributed by atoms with Gasteiger partial charge in [-0.25, -0.2) is 4.98 Å². The predicted molar refractivity (Wildman–Crippen MR) is 110 cm³/mol. The van der Waals surface area contributed by atoms with Crippen molar-refractivity contribution >= 4 is 11.6 Å². The van der Waals surface area contributed by atoms with Gasteiger partial charge in [0, 0.05) is 37.4 Å². The van der Waals surface area contributed by atoms with Gasteiger partial charge in [-0.3, -0.25) is 9.48 Å². The van der Waals surface area contributed by atoms with Gasteiger partial charge in [0.15, 0.2) is 0 Å². The smallest absolute Gasteiger partial charge is 0.262 e. The summed E-state index contributed by atoms with van der Waals surface area (Å²) in [5.41, 5.74) is 0.972. The number of rotatable bonds is 6. The molecule has 0 aliphatic carbocycles. The summed E-state index contributed by atoms with van der Waals surface area (Å²) < 4.78 is 14.4. The lowest BCUT2D eigenvalue weighted by molar-refractivity contribution is 0.102. The van der Waals surface area contributed by atoms with E-state index in [1.54, 1.807) is 43.6 Å². The normalized spacial score (nSPS) is 10.6. The van der Waals surface area contributed by atoms with Crippen molar-refractivity contribution in [2.75, 3.05) is 12.4 Å². The molecule has 0 fully saturated rings. The van der Waals surface area contributed by atoms with Crippen LogP contribution in [-0.2, 0) is 7.05 Å². The fraction of sp³-hybridized carbons (Fsp3) is 0.143.